The number of alkyl carbamates (subject to hydrolysis) is 1. The number of nitrogens with zero attached hydrogens (tertiary/aromatic N) is 3. The first-order valence-electron chi connectivity index (χ1n) is 7.54. The third kappa shape index (κ3) is 4.62. The number of ether oxygens (including phenoxy) is 1. The Morgan fingerprint density at radius 1 is 1.46 bits per heavy atom. The maximum atomic E-state index is 12.1. The van der Waals surface area contributed by atoms with Crippen LogP contribution in [0, 0.1) is 0 Å². The second-order valence-electron chi connectivity index (χ2n) is 5.11. The predicted molar refractivity (Wildman–Crippen MR) is 88.3 cm³/mol. The van der Waals surface area contributed by atoms with Crippen molar-refractivity contribution in [3.05, 3.63) is 23.4 Å². The van der Waals surface area contributed by atoms with E-state index in [-0.39, 0.29) is 0 Å². The van der Waals surface area contributed by atoms with Crippen molar-refractivity contribution in [2.45, 2.75) is 32.9 Å². The van der Waals surface area contributed by atoms with Crippen molar-refractivity contribution in [3.63, 3.8) is 0 Å². The highest BCUT2D eigenvalue weighted by atomic mass is 32.1. The van der Waals surface area contributed by atoms with E-state index in [9.17, 15) is 9.59 Å². The normalized spacial score (nSPS) is 12.2. The molecule has 0 aliphatic carbocycles. The van der Waals surface area contributed by atoms with Crippen molar-refractivity contribution in [2.75, 3.05) is 13.7 Å². The van der Waals surface area contributed by atoms with E-state index in [1.165, 1.54) is 18.4 Å². The first-order valence-corrected chi connectivity index (χ1v) is 8.42. The van der Waals surface area contributed by atoms with E-state index < -0.39 is 18.0 Å². The highest BCUT2D eigenvalue weighted by Gasteiger charge is 2.24. The van der Waals surface area contributed by atoms with E-state index in [1.54, 1.807) is 6.92 Å². The minimum atomic E-state index is -0.777. The Hall–Kier alpha value is -2.26. The van der Waals surface area contributed by atoms with Gasteiger partial charge >= 0.3 is 6.09 Å². The van der Waals surface area contributed by atoms with Crippen LogP contribution in [-0.2, 0) is 16.1 Å². The standard InChI is InChI=1S/C15H20N4O4S/c1-4-7-19(10(2)13(20)16-15(21)22-3)9-12-17-18-14(23-12)11-6-5-8-24-11/h5-6,8,10H,4,7,9H2,1-3H3,(H,16,20,21)/t10-/m0/s1. The first kappa shape index (κ1) is 18.1. The van der Waals surface area contributed by atoms with E-state index in [4.69, 9.17) is 4.42 Å². The van der Waals surface area contributed by atoms with Crippen molar-refractivity contribution in [2.24, 2.45) is 0 Å². The van der Waals surface area contributed by atoms with Gasteiger partial charge in [0.2, 0.25) is 11.8 Å². The van der Waals surface area contributed by atoms with E-state index in [1.807, 2.05) is 29.3 Å². The molecule has 0 fully saturated rings. The van der Waals surface area contributed by atoms with Gasteiger partial charge in [-0.05, 0) is 31.3 Å². The largest absolute Gasteiger partial charge is 0.453 e. The summed E-state index contributed by atoms with van der Waals surface area (Å²) in [5.74, 6) is 0.445. The van der Waals surface area contributed by atoms with Crippen LogP contribution >= 0.6 is 11.3 Å². The molecule has 0 bridgehead atoms. The lowest BCUT2D eigenvalue weighted by Crippen LogP contribution is -2.47. The second-order valence-corrected chi connectivity index (χ2v) is 6.05. The number of thiophene rings is 1. The van der Waals surface area contributed by atoms with Crippen LogP contribution in [0.4, 0.5) is 4.79 Å². The van der Waals surface area contributed by atoms with Crippen LogP contribution in [0.2, 0.25) is 0 Å². The van der Waals surface area contributed by atoms with Gasteiger partial charge in [0.25, 0.3) is 5.89 Å². The van der Waals surface area contributed by atoms with Gasteiger partial charge in [0.15, 0.2) is 0 Å². The maximum Gasteiger partial charge on any atom is 0.413 e. The van der Waals surface area contributed by atoms with Gasteiger partial charge in [-0.25, -0.2) is 4.79 Å². The lowest BCUT2D eigenvalue weighted by Gasteiger charge is -2.25. The number of carbonyl (C=O) groups excluding carboxylic acids is 2. The molecule has 0 radical (unpaired) electrons. The molecule has 2 aromatic rings. The average Bonchev–Trinajstić information content (AvgIpc) is 3.24. The number of rotatable bonds is 7. The van der Waals surface area contributed by atoms with Crippen molar-refractivity contribution < 1.29 is 18.7 Å². The quantitative estimate of drug-likeness (QED) is 0.816. The zero-order valence-corrected chi connectivity index (χ0v) is 14.6. The molecule has 2 amide bonds. The van der Waals surface area contributed by atoms with E-state index in [0.29, 0.717) is 24.9 Å². The SMILES string of the molecule is CCCN(Cc1nnc(-c2cccs2)o1)[C@@H](C)C(=O)NC(=O)OC. The number of methoxy groups -OCH3 is 1. The van der Waals surface area contributed by atoms with E-state index in [2.05, 4.69) is 20.3 Å². The summed E-state index contributed by atoms with van der Waals surface area (Å²) >= 11 is 1.51. The first-order chi connectivity index (χ1) is 11.5. The third-order valence-corrected chi connectivity index (χ3v) is 4.24. The number of carbonyl (C=O) groups is 2. The van der Waals surface area contributed by atoms with Gasteiger partial charge < -0.3 is 9.15 Å². The molecular weight excluding hydrogens is 332 g/mol. The fourth-order valence-corrected chi connectivity index (χ4v) is 2.75. The van der Waals surface area contributed by atoms with Gasteiger partial charge in [-0.1, -0.05) is 13.0 Å². The molecule has 2 aromatic heterocycles. The number of nitrogens with one attached hydrogen (secondary N) is 1. The van der Waals surface area contributed by atoms with Gasteiger partial charge in [0.1, 0.15) is 0 Å². The number of imide groups is 1. The molecule has 1 atom stereocenters. The minimum absolute atomic E-state index is 0.321. The Morgan fingerprint density at radius 2 is 2.25 bits per heavy atom. The number of amides is 2. The fourth-order valence-electron chi connectivity index (χ4n) is 2.11. The summed E-state index contributed by atoms with van der Waals surface area (Å²) < 4.78 is 10.1. The molecule has 130 valence electrons. The van der Waals surface area contributed by atoms with Crippen LogP contribution in [0.3, 0.4) is 0 Å². The van der Waals surface area contributed by atoms with E-state index in [0.717, 1.165) is 11.3 Å². The van der Waals surface area contributed by atoms with Crippen molar-refractivity contribution in [3.8, 4) is 10.8 Å². The van der Waals surface area contributed by atoms with Crippen LogP contribution in [-0.4, -0.2) is 46.8 Å². The predicted octanol–water partition coefficient (Wildman–Crippen LogP) is 2.28. The van der Waals surface area contributed by atoms with Crippen LogP contribution < -0.4 is 5.32 Å². The Balaban J connectivity index is 2.05. The summed E-state index contributed by atoms with van der Waals surface area (Å²) in [5.41, 5.74) is 0. The zero-order chi connectivity index (χ0) is 17.5. The molecular formula is C15H20N4O4S. The molecule has 24 heavy (non-hydrogen) atoms. The molecule has 1 N–H and O–H groups in total. The summed E-state index contributed by atoms with van der Waals surface area (Å²) in [7, 11) is 1.21. The van der Waals surface area contributed by atoms with Gasteiger partial charge in [-0.15, -0.1) is 21.5 Å². The zero-order valence-electron chi connectivity index (χ0n) is 13.8. The highest BCUT2D eigenvalue weighted by Crippen LogP contribution is 2.23. The van der Waals surface area contributed by atoms with Crippen molar-refractivity contribution in [1.29, 1.82) is 0 Å². The highest BCUT2D eigenvalue weighted by molar-refractivity contribution is 7.13. The topological polar surface area (TPSA) is 97.6 Å². The average molecular weight is 352 g/mol. The molecule has 9 heteroatoms. The molecule has 8 nitrogen and oxygen atoms in total. The summed E-state index contributed by atoms with van der Waals surface area (Å²) in [6.45, 7) is 4.68. The number of aromatic nitrogens is 2. The molecule has 0 saturated carbocycles. The Labute approximate surface area is 143 Å². The van der Waals surface area contributed by atoms with Gasteiger partial charge in [-0.2, -0.15) is 0 Å². The second kappa shape index (κ2) is 8.55. The Kier molecular flexibility index (Phi) is 6.44. The number of hydrogen-bond acceptors (Lipinski definition) is 8. The smallest absolute Gasteiger partial charge is 0.413 e. The minimum Gasteiger partial charge on any atom is -0.453 e. The molecule has 0 unspecified atom stereocenters. The monoisotopic (exact) mass is 352 g/mol. The third-order valence-electron chi connectivity index (χ3n) is 3.39. The van der Waals surface area contributed by atoms with Crippen LogP contribution in [0.15, 0.2) is 21.9 Å². The Bertz CT molecular complexity index is 671. The maximum absolute atomic E-state index is 12.1. The lowest BCUT2D eigenvalue weighted by atomic mass is 10.2. The fraction of sp³-hybridized carbons (Fsp3) is 0.467. The van der Waals surface area contributed by atoms with Gasteiger partial charge in [0, 0.05) is 0 Å². The van der Waals surface area contributed by atoms with Crippen LogP contribution in [0.5, 0.6) is 0 Å². The van der Waals surface area contributed by atoms with Crippen molar-refractivity contribution in [1.82, 2.24) is 20.4 Å². The van der Waals surface area contributed by atoms with Gasteiger partial charge in [-0.3, -0.25) is 15.0 Å². The van der Waals surface area contributed by atoms with E-state index >= 15 is 0 Å². The summed E-state index contributed by atoms with van der Waals surface area (Å²) in [5, 5.41) is 12.2. The molecule has 0 saturated heterocycles. The van der Waals surface area contributed by atoms with Crippen LogP contribution in [0.1, 0.15) is 26.2 Å². The van der Waals surface area contributed by atoms with Gasteiger partial charge in [0.05, 0.1) is 24.6 Å². The molecule has 0 aromatic carbocycles. The lowest BCUT2D eigenvalue weighted by molar-refractivity contribution is -0.125. The van der Waals surface area contributed by atoms with Crippen LogP contribution in [0.25, 0.3) is 10.8 Å². The molecule has 0 aliphatic rings. The summed E-state index contributed by atoms with van der Waals surface area (Å²) in [4.78, 5) is 26.0. The van der Waals surface area contributed by atoms with Crippen molar-refractivity contribution >= 4 is 23.3 Å². The number of hydrogen-bond donors (Lipinski definition) is 1. The summed E-state index contributed by atoms with van der Waals surface area (Å²) in [6.07, 6.45) is 0.0583. The molecule has 0 aliphatic heterocycles. The summed E-state index contributed by atoms with van der Waals surface area (Å²) in [6, 6.07) is 3.27. The molecule has 2 heterocycles. The Morgan fingerprint density at radius 3 is 2.88 bits per heavy atom. The molecule has 2 rings (SSSR count). The molecule has 0 spiro atoms.